The molecule has 0 aliphatic carbocycles. The Morgan fingerprint density at radius 3 is 2.41 bits per heavy atom. The van der Waals surface area contributed by atoms with Crippen LogP contribution in [-0.4, -0.2) is 134 Å². The molecule has 340 valence electrons. The molecule has 0 saturated carbocycles. The quantitative estimate of drug-likeness (QED) is 0.0721. The van der Waals surface area contributed by atoms with Crippen molar-refractivity contribution in [2.24, 2.45) is 10.7 Å². The van der Waals surface area contributed by atoms with Crippen LogP contribution in [0.3, 0.4) is 0 Å². The highest BCUT2D eigenvalue weighted by atomic mass is 32.2. The third kappa shape index (κ3) is 11.0. The Morgan fingerprint density at radius 2 is 1.80 bits per heavy atom. The summed E-state index contributed by atoms with van der Waals surface area (Å²) in [7, 11) is -2.24. The van der Waals surface area contributed by atoms with E-state index in [4.69, 9.17) is 10.8 Å². The van der Waals surface area contributed by atoms with E-state index >= 15 is 4.39 Å². The summed E-state index contributed by atoms with van der Waals surface area (Å²) >= 11 is 0.925. The van der Waals surface area contributed by atoms with Gasteiger partial charge in [-0.25, -0.2) is 22.8 Å². The molecule has 1 aliphatic rings. The number of rotatable bonds is 18. The minimum atomic E-state index is -3.63. The number of pyridine rings is 1. The van der Waals surface area contributed by atoms with Gasteiger partial charge in [-0.3, -0.25) is 28.8 Å². The highest BCUT2D eigenvalue weighted by Crippen LogP contribution is 2.37. The van der Waals surface area contributed by atoms with Crippen molar-refractivity contribution in [1.82, 2.24) is 30.3 Å². The van der Waals surface area contributed by atoms with Crippen molar-refractivity contribution in [2.45, 2.75) is 61.1 Å². The van der Waals surface area contributed by atoms with Crippen LogP contribution in [0.4, 0.5) is 10.2 Å². The van der Waals surface area contributed by atoms with Crippen LogP contribution in [0.15, 0.2) is 75.6 Å². The molecule has 64 heavy (non-hydrogen) atoms. The number of sulfone groups is 1. The van der Waals surface area contributed by atoms with Gasteiger partial charge in [0.15, 0.2) is 15.7 Å². The molecule has 2 aromatic heterocycles. The molecule has 2 aromatic carbocycles. The first-order chi connectivity index (χ1) is 30.1. The second kappa shape index (κ2) is 20.0. The van der Waals surface area contributed by atoms with Gasteiger partial charge in [0.25, 0.3) is 11.5 Å². The molecule has 3 heterocycles. The lowest BCUT2D eigenvalue weighted by atomic mass is 9.84. The van der Waals surface area contributed by atoms with Gasteiger partial charge in [0.05, 0.1) is 35.4 Å². The van der Waals surface area contributed by atoms with Crippen LogP contribution in [0, 0.1) is 5.82 Å². The number of aliphatic hydroxyl groups is 2. The molecule has 1 unspecified atom stereocenters. The Kier molecular flexibility index (Phi) is 15.2. The van der Waals surface area contributed by atoms with E-state index in [9.17, 15) is 52.5 Å². The highest BCUT2D eigenvalue weighted by molar-refractivity contribution is 8.00. The lowest BCUT2D eigenvalue weighted by molar-refractivity contribution is -0.139. The number of hydrogen-bond acceptors (Lipinski definition) is 15. The van der Waals surface area contributed by atoms with Gasteiger partial charge in [-0.15, -0.1) is 11.8 Å². The molecule has 0 fully saturated rings. The molecule has 4 aromatic rings. The fraction of sp³-hybridized carbons (Fsp3) is 0.341. The number of amides is 3. The number of carboxylic acid groups (broad SMARTS) is 2. The summed E-state index contributed by atoms with van der Waals surface area (Å²) < 4.78 is 40.8. The highest BCUT2D eigenvalue weighted by Gasteiger charge is 2.36. The standard InChI is InChI=1S/C41H45FN8O12S2/c1-41(2,20-52)22-12-21-15-46-50(38(58)35(21)27(42)13-22)31-7-5-6-24(26(31)18-51)25-14-29(47-32-10-8-23(16-44-32)64(4,61)62)37(57)49(3)39(25)63-19-30(36(56)45-17-34(54)55)48-33(53)11-9-28(43)40(59)60/h5-8,10,12-16,28,30,39,51-52H,9,11,17-20,43H2,1-4H3,(H,45,56)(H,48,53)(H,54,55)(H,59,60)/t28-,30-,39?/m0/s1. The number of halogens is 1. The first kappa shape index (κ1) is 48.6. The number of nitrogens with zero attached hydrogens (tertiary/aromatic N) is 5. The summed E-state index contributed by atoms with van der Waals surface area (Å²) in [6.45, 7) is 1.54. The molecule has 23 heteroatoms. The van der Waals surface area contributed by atoms with Crippen LogP contribution < -0.4 is 21.9 Å². The monoisotopic (exact) mass is 924 g/mol. The Morgan fingerprint density at radius 1 is 1.08 bits per heavy atom. The van der Waals surface area contributed by atoms with Gasteiger partial charge in [-0.1, -0.05) is 26.0 Å². The summed E-state index contributed by atoms with van der Waals surface area (Å²) in [5.41, 5.74) is 4.56. The minimum absolute atomic E-state index is 0.0181. The summed E-state index contributed by atoms with van der Waals surface area (Å²) in [6.07, 6.45) is 3.98. The maximum absolute atomic E-state index is 15.8. The van der Waals surface area contributed by atoms with Crippen molar-refractivity contribution in [3.05, 3.63) is 93.8 Å². The summed E-state index contributed by atoms with van der Waals surface area (Å²) in [5, 5.41) is 46.9. The van der Waals surface area contributed by atoms with Crippen LogP contribution >= 0.6 is 11.8 Å². The van der Waals surface area contributed by atoms with E-state index in [1.165, 1.54) is 48.5 Å². The van der Waals surface area contributed by atoms with Crippen LogP contribution in [0.1, 0.15) is 43.4 Å². The molecule has 5 rings (SSSR count). The zero-order valence-corrected chi connectivity index (χ0v) is 36.4. The number of nitrogens with one attached hydrogen (secondary N) is 2. The van der Waals surface area contributed by atoms with E-state index in [1.807, 2.05) is 0 Å². The topological polar surface area (TPSA) is 314 Å². The van der Waals surface area contributed by atoms with E-state index < -0.39 is 93.3 Å². The fourth-order valence-electron chi connectivity index (χ4n) is 6.48. The number of thioether (sulfide) groups is 1. The number of hydrogen-bond donors (Lipinski definition) is 7. The molecule has 1 aliphatic heterocycles. The maximum Gasteiger partial charge on any atom is 0.322 e. The van der Waals surface area contributed by atoms with Crippen LogP contribution in [0.2, 0.25) is 0 Å². The van der Waals surface area contributed by atoms with Crippen LogP contribution in [0.5, 0.6) is 0 Å². The number of benzene rings is 2. The van der Waals surface area contributed by atoms with Gasteiger partial charge in [-0.05, 0) is 59.5 Å². The first-order valence-electron chi connectivity index (χ1n) is 19.3. The summed E-state index contributed by atoms with van der Waals surface area (Å²) in [4.78, 5) is 86.4. The summed E-state index contributed by atoms with van der Waals surface area (Å²) in [6, 6.07) is 6.92. The van der Waals surface area contributed by atoms with Crippen molar-refractivity contribution in [3.8, 4) is 5.69 Å². The van der Waals surface area contributed by atoms with Crippen molar-refractivity contribution in [3.63, 3.8) is 0 Å². The predicted octanol–water partition coefficient (Wildman–Crippen LogP) is 0.651. The van der Waals surface area contributed by atoms with Gasteiger partial charge in [0, 0.05) is 48.0 Å². The van der Waals surface area contributed by atoms with Crippen LogP contribution in [0.25, 0.3) is 22.0 Å². The van der Waals surface area contributed by atoms with E-state index in [2.05, 4.69) is 25.7 Å². The van der Waals surface area contributed by atoms with Crippen molar-refractivity contribution in [1.29, 1.82) is 0 Å². The molecule has 20 nitrogen and oxygen atoms in total. The SMILES string of the molecule is CN1C(=O)C(=Nc2ccc(S(C)(=O)=O)cn2)C=C(c2cccc(-n3ncc4cc(C(C)(C)CO)cc(F)c4c3=O)c2CO)C1SC[C@H](NC(=O)CC[C@H](N)C(=O)O)C(=O)NCC(=O)O. The van der Waals surface area contributed by atoms with E-state index in [1.54, 1.807) is 26.0 Å². The Labute approximate surface area is 369 Å². The minimum Gasteiger partial charge on any atom is -0.480 e. The van der Waals surface area contributed by atoms with E-state index in [0.29, 0.717) is 5.56 Å². The Bertz CT molecular complexity index is 2740. The van der Waals surface area contributed by atoms with Gasteiger partial charge in [0.1, 0.15) is 35.5 Å². The third-order valence-corrected chi connectivity index (χ3v) is 12.7. The van der Waals surface area contributed by atoms with Crippen molar-refractivity contribution >= 4 is 79.1 Å². The second-order valence-electron chi connectivity index (χ2n) is 15.3. The fourth-order valence-corrected chi connectivity index (χ4v) is 8.34. The zero-order chi connectivity index (χ0) is 47.3. The number of aliphatic carboxylic acids is 2. The smallest absolute Gasteiger partial charge is 0.322 e. The molecule has 0 saturated heterocycles. The Hall–Kier alpha value is -6.40. The third-order valence-electron chi connectivity index (χ3n) is 10.2. The molecular weight excluding hydrogens is 880 g/mol. The first-order valence-corrected chi connectivity index (χ1v) is 22.2. The lowest BCUT2D eigenvalue weighted by Gasteiger charge is -2.35. The van der Waals surface area contributed by atoms with Gasteiger partial charge < -0.3 is 41.7 Å². The Balaban J connectivity index is 1.64. The number of carbonyl (C=O) groups excluding carboxylic acids is 3. The lowest BCUT2D eigenvalue weighted by Crippen LogP contribution is -2.50. The second-order valence-corrected chi connectivity index (χ2v) is 18.5. The predicted molar refractivity (Wildman–Crippen MR) is 232 cm³/mol. The van der Waals surface area contributed by atoms with Crippen LogP contribution in [-0.2, 0) is 45.8 Å². The molecule has 0 bridgehead atoms. The number of carbonyl (C=O) groups is 5. The number of aliphatic imine (C=N–C) groups is 1. The number of nitrogens with two attached hydrogens (primary N) is 1. The molecule has 0 spiro atoms. The number of fused-ring (bicyclic) bond motifs is 1. The average Bonchev–Trinajstić information content (AvgIpc) is 3.24. The van der Waals surface area contributed by atoms with Gasteiger partial charge >= 0.3 is 11.9 Å². The number of aliphatic hydroxyl groups excluding tert-OH is 2. The van der Waals surface area contributed by atoms with Crippen molar-refractivity contribution < 1.29 is 57.2 Å². The number of carboxylic acids is 2. The average molecular weight is 925 g/mol. The molecule has 0 radical (unpaired) electrons. The molecular formula is C41H45FN8O12S2. The van der Waals surface area contributed by atoms with Gasteiger partial charge in [-0.2, -0.15) is 9.78 Å². The maximum atomic E-state index is 15.8. The number of likely N-dealkylation sites (N-methyl/N-ethyl adjacent to an activating group) is 1. The summed E-state index contributed by atoms with van der Waals surface area (Å²) in [5.74, 6) is -6.39. The molecule has 8 N–H and O–H groups in total. The van der Waals surface area contributed by atoms with E-state index in [0.717, 1.165) is 35.0 Å². The molecule has 3 amide bonds. The van der Waals surface area contributed by atoms with Gasteiger partial charge in [0.2, 0.25) is 11.8 Å². The largest absolute Gasteiger partial charge is 0.480 e. The van der Waals surface area contributed by atoms with E-state index in [-0.39, 0.29) is 68.4 Å². The molecule has 3 atom stereocenters. The van der Waals surface area contributed by atoms with Crippen molar-refractivity contribution in [2.75, 3.05) is 32.2 Å². The number of aromatic nitrogens is 3. The zero-order valence-electron chi connectivity index (χ0n) is 34.8. The normalized spacial score (nSPS) is 16.0.